The molecule has 6 nitrogen and oxygen atoms in total. The highest BCUT2D eigenvalue weighted by molar-refractivity contribution is 5.76. The summed E-state index contributed by atoms with van der Waals surface area (Å²) in [6.07, 6.45) is 37.0. The van der Waals surface area contributed by atoms with Gasteiger partial charge in [-0.1, -0.05) is 147 Å². The molecule has 256 valence electrons. The van der Waals surface area contributed by atoms with Crippen LogP contribution < -0.4 is 5.32 Å². The van der Waals surface area contributed by atoms with E-state index in [9.17, 15) is 20.1 Å². The van der Waals surface area contributed by atoms with Crippen molar-refractivity contribution >= 4 is 5.91 Å². The molecule has 1 rings (SSSR count). The number of amides is 1. The summed E-state index contributed by atoms with van der Waals surface area (Å²) in [7, 11) is 0. The van der Waals surface area contributed by atoms with E-state index in [4.69, 9.17) is 4.74 Å². The molecule has 1 fully saturated rings. The van der Waals surface area contributed by atoms with Gasteiger partial charge in [-0.25, -0.2) is 0 Å². The standard InChI is InChI=1S/C38H69NO5/c1-3-5-7-8-9-10-11-12-15-18-21-25-28-34(41)38(43)33(32-40)39-37(42)31-27-23-20-17-14-13-16-19-22-26-30-36-35(44-36)29-24-6-4-2/h13,16-17,20,22,26,33-36,38,40-41,43H,3-12,14-15,18-19,21,23-25,27-32H2,1-2H3,(H,39,42)/b16-13-,20-17-,26-22-/t33-,34-,35?,36?,38-/m0/s1. The molecule has 2 unspecified atom stereocenters. The molecule has 0 aromatic heterocycles. The summed E-state index contributed by atoms with van der Waals surface area (Å²) in [4.78, 5) is 12.3. The Morgan fingerprint density at radius 3 is 1.86 bits per heavy atom. The minimum Gasteiger partial charge on any atom is -0.394 e. The molecule has 0 radical (unpaired) electrons. The summed E-state index contributed by atoms with van der Waals surface area (Å²) in [5.41, 5.74) is 0. The number of ether oxygens (including phenoxy) is 1. The van der Waals surface area contributed by atoms with Crippen LogP contribution in [0.1, 0.15) is 162 Å². The predicted molar refractivity (Wildman–Crippen MR) is 185 cm³/mol. The van der Waals surface area contributed by atoms with Crippen molar-refractivity contribution < 1.29 is 24.9 Å². The molecule has 0 bridgehead atoms. The van der Waals surface area contributed by atoms with E-state index in [0.29, 0.717) is 31.5 Å². The van der Waals surface area contributed by atoms with Gasteiger partial charge in [0.25, 0.3) is 0 Å². The Balaban J connectivity index is 2.02. The molecule has 4 N–H and O–H groups in total. The number of epoxide rings is 1. The summed E-state index contributed by atoms with van der Waals surface area (Å²) >= 11 is 0. The Morgan fingerprint density at radius 2 is 1.25 bits per heavy atom. The number of hydrogen-bond donors (Lipinski definition) is 4. The van der Waals surface area contributed by atoms with Crippen molar-refractivity contribution in [3.05, 3.63) is 36.5 Å². The number of aliphatic hydroxyl groups excluding tert-OH is 3. The third kappa shape index (κ3) is 23.0. The summed E-state index contributed by atoms with van der Waals surface area (Å²) in [6, 6.07) is -0.839. The molecule has 1 aliphatic rings. The van der Waals surface area contributed by atoms with Crippen LogP contribution in [0.15, 0.2) is 36.5 Å². The topological polar surface area (TPSA) is 102 Å². The number of unbranched alkanes of at least 4 members (excludes halogenated alkanes) is 14. The van der Waals surface area contributed by atoms with Gasteiger partial charge in [0.1, 0.15) is 6.10 Å². The van der Waals surface area contributed by atoms with E-state index in [-0.39, 0.29) is 5.91 Å². The van der Waals surface area contributed by atoms with Gasteiger partial charge in [-0.05, 0) is 44.9 Å². The minimum atomic E-state index is -1.16. The second-order valence-electron chi connectivity index (χ2n) is 12.8. The van der Waals surface area contributed by atoms with Crippen LogP contribution in [0.2, 0.25) is 0 Å². The number of carbonyl (C=O) groups excluding carboxylic acids is 1. The lowest BCUT2D eigenvalue weighted by atomic mass is 9.99. The Labute approximate surface area is 270 Å². The van der Waals surface area contributed by atoms with Crippen LogP contribution in [-0.4, -0.2) is 58.3 Å². The molecule has 44 heavy (non-hydrogen) atoms. The van der Waals surface area contributed by atoms with E-state index in [1.165, 1.54) is 83.5 Å². The highest BCUT2D eigenvalue weighted by Crippen LogP contribution is 2.30. The quantitative estimate of drug-likeness (QED) is 0.0353. The first-order chi connectivity index (χ1) is 21.5. The van der Waals surface area contributed by atoms with Crippen molar-refractivity contribution in [2.24, 2.45) is 0 Å². The number of allylic oxidation sites excluding steroid dienone is 5. The third-order valence-electron chi connectivity index (χ3n) is 8.67. The maximum absolute atomic E-state index is 12.3. The second-order valence-corrected chi connectivity index (χ2v) is 12.8. The number of aliphatic hydroxyl groups is 3. The van der Waals surface area contributed by atoms with E-state index in [1.807, 2.05) is 0 Å². The van der Waals surface area contributed by atoms with Crippen molar-refractivity contribution in [1.29, 1.82) is 0 Å². The molecule has 0 saturated carbocycles. The van der Waals surface area contributed by atoms with Crippen LogP contribution in [0.4, 0.5) is 0 Å². The molecule has 1 amide bonds. The van der Waals surface area contributed by atoms with Crippen LogP contribution in [0.25, 0.3) is 0 Å². The van der Waals surface area contributed by atoms with Crippen LogP contribution >= 0.6 is 0 Å². The molecule has 6 heteroatoms. The lowest BCUT2D eigenvalue weighted by Crippen LogP contribution is -2.50. The minimum absolute atomic E-state index is 0.204. The maximum atomic E-state index is 12.3. The normalized spacial score (nSPS) is 18.8. The highest BCUT2D eigenvalue weighted by atomic mass is 16.6. The zero-order chi connectivity index (χ0) is 32.1. The summed E-state index contributed by atoms with van der Waals surface area (Å²) in [5.74, 6) is -0.204. The Morgan fingerprint density at radius 1 is 0.705 bits per heavy atom. The van der Waals surface area contributed by atoms with Gasteiger partial charge in [-0.2, -0.15) is 0 Å². The van der Waals surface area contributed by atoms with Gasteiger partial charge in [-0.15, -0.1) is 0 Å². The lowest BCUT2D eigenvalue weighted by Gasteiger charge is -2.26. The smallest absolute Gasteiger partial charge is 0.220 e. The molecule has 5 atom stereocenters. The van der Waals surface area contributed by atoms with Crippen molar-refractivity contribution in [3.63, 3.8) is 0 Å². The van der Waals surface area contributed by atoms with E-state index in [2.05, 4.69) is 55.6 Å². The van der Waals surface area contributed by atoms with Crippen LogP contribution in [0, 0.1) is 0 Å². The molecule has 0 aromatic carbocycles. The fourth-order valence-electron chi connectivity index (χ4n) is 5.66. The number of rotatable bonds is 31. The SMILES string of the molecule is CCCCCCCCCCCCCC[C@H](O)[C@@H](O)[C@H](CO)NC(=O)CCC/C=C\C/C=C\C/C=C\CC1OC1CCCCC. The maximum Gasteiger partial charge on any atom is 0.220 e. The van der Waals surface area contributed by atoms with Gasteiger partial charge in [-0.3, -0.25) is 4.79 Å². The van der Waals surface area contributed by atoms with Crippen LogP contribution in [0.5, 0.6) is 0 Å². The summed E-state index contributed by atoms with van der Waals surface area (Å²) in [6.45, 7) is 4.09. The van der Waals surface area contributed by atoms with Crippen molar-refractivity contribution in [1.82, 2.24) is 5.32 Å². The number of nitrogens with one attached hydrogen (secondary N) is 1. The first kappa shape index (κ1) is 40.6. The van der Waals surface area contributed by atoms with Gasteiger partial charge in [0, 0.05) is 6.42 Å². The second kappa shape index (κ2) is 29.0. The molecule has 0 aliphatic carbocycles. The first-order valence-corrected chi connectivity index (χ1v) is 18.4. The van der Waals surface area contributed by atoms with E-state index in [1.54, 1.807) is 0 Å². The largest absolute Gasteiger partial charge is 0.394 e. The molecule has 1 aliphatic heterocycles. The highest BCUT2D eigenvalue weighted by Gasteiger charge is 2.36. The Hall–Kier alpha value is -1.47. The number of carbonyl (C=O) groups is 1. The first-order valence-electron chi connectivity index (χ1n) is 18.4. The average molecular weight is 620 g/mol. The van der Waals surface area contributed by atoms with Gasteiger partial charge in [0.05, 0.1) is 31.0 Å². The van der Waals surface area contributed by atoms with E-state index in [0.717, 1.165) is 44.9 Å². The van der Waals surface area contributed by atoms with Crippen molar-refractivity contribution in [2.75, 3.05) is 6.61 Å². The van der Waals surface area contributed by atoms with Gasteiger partial charge < -0.3 is 25.4 Å². The van der Waals surface area contributed by atoms with Gasteiger partial charge >= 0.3 is 0 Å². The Bertz CT molecular complexity index is 752. The fourth-order valence-corrected chi connectivity index (χ4v) is 5.66. The third-order valence-corrected chi connectivity index (χ3v) is 8.67. The average Bonchev–Trinajstić information content (AvgIpc) is 3.78. The zero-order valence-corrected chi connectivity index (χ0v) is 28.5. The Kier molecular flexibility index (Phi) is 26.7. The van der Waals surface area contributed by atoms with Crippen LogP contribution in [-0.2, 0) is 9.53 Å². The lowest BCUT2D eigenvalue weighted by molar-refractivity contribution is -0.124. The van der Waals surface area contributed by atoms with E-state index < -0.39 is 24.9 Å². The molecule has 0 spiro atoms. The van der Waals surface area contributed by atoms with Crippen molar-refractivity contribution in [3.8, 4) is 0 Å². The molecule has 1 saturated heterocycles. The summed E-state index contributed by atoms with van der Waals surface area (Å²) < 4.78 is 5.72. The zero-order valence-electron chi connectivity index (χ0n) is 28.5. The summed E-state index contributed by atoms with van der Waals surface area (Å²) in [5, 5.41) is 33.3. The number of hydrogen-bond acceptors (Lipinski definition) is 5. The van der Waals surface area contributed by atoms with E-state index >= 15 is 0 Å². The monoisotopic (exact) mass is 620 g/mol. The van der Waals surface area contributed by atoms with Gasteiger partial charge in [0.2, 0.25) is 5.91 Å². The fraction of sp³-hybridized carbons (Fsp3) is 0.816. The van der Waals surface area contributed by atoms with Crippen LogP contribution in [0.3, 0.4) is 0 Å². The van der Waals surface area contributed by atoms with Crippen molar-refractivity contribution in [2.45, 2.75) is 192 Å². The molecule has 1 heterocycles. The molecular formula is C38H69NO5. The predicted octanol–water partition coefficient (Wildman–Crippen LogP) is 8.63. The molecule has 0 aromatic rings. The molecular weight excluding hydrogens is 550 g/mol. The van der Waals surface area contributed by atoms with Gasteiger partial charge in [0.15, 0.2) is 0 Å².